The van der Waals surface area contributed by atoms with Gasteiger partial charge in [-0.25, -0.2) is 4.98 Å². The number of aromatic nitrogens is 3. The fourth-order valence-corrected chi connectivity index (χ4v) is 5.31. The predicted octanol–water partition coefficient (Wildman–Crippen LogP) is 2.56. The van der Waals surface area contributed by atoms with Crippen LogP contribution in [0.2, 0.25) is 0 Å². The molecule has 0 radical (unpaired) electrons. The fourth-order valence-electron chi connectivity index (χ4n) is 4.15. The number of hydrogen-bond acceptors (Lipinski definition) is 9. The highest BCUT2D eigenvalue weighted by molar-refractivity contribution is 7.17. The molecule has 168 valence electrons. The number of fused-ring (bicyclic) bond motifs is 1. The van der Waals surface area contributed by atoms with Crippen LogP contribution in [0.15, 0.2) is 12.1 Å². The number of ether oxygens (including phenoxy) is 3. The fraction of sp³-hybridized carbons (Fsp3) is 0.524. The third kappa shape index (κ3) is 3.90. The van der Waals surface area contributed by atoms with Crippen LogP contribution in [-0.2, 0) is 0 Å². The van der Waals surface area contributed by atoms with Crippen molar-refractivity contribution in [1.29, 1.82) is 0 Å². The van der Waals surface area contributed by atoms with Gasteiger partial charge in [-0.2, -0.15) is 4.52 Å². The smallest absolute Gasteiger partial charge is 0.230 e. The average molecular weight is 448 g/mol. The number of thiazole rings is 1. The number of aryl methyl sites for hydroxylation is 1. The molecule has 0 spiro atoms. The van der Waals surface area contributed by atoms with Crippen molar-refractivity contribution in [3.63, 3.8) is 0 Å². The molecule has 10 heteroatoms. The SMILES string of the molecule is CCN1CCN(C(c2cc(OC)c(OC)c(OC)c2)c2sc3nc(C)nn3c2O)CC1. The lowest BCUT2D eigenvalue weighted by atomic mass is 10.0. The standard InChI is InChI=1S/C21H29N5O4S/c1-6-24-7-9-25(10-8-24)17(19-20(27)26-21(31-19)22-13(2)23-26)14-11-15(28-3)18(30-5)16(12-14)29-4/h11-12,17,27H,6-10H2,1-5H3. The van der Waals surface area contributed by atoms with Gasteiger partial charge in [-0.3, -0.25) is 4.90 Å². The number of nitrogens with zero attached hydrogens (tertiary/aromatic N) is 5. The lowest BCUT2D eigenvalue weighted by Gasteiger charge is -2.39. The van der Waals surface area contributed by atoms with E-state index >= 15 is 0 Å². The Hall–Kier alpha value is -2.56. The second-order valence-corrected chi connectivity index (χ2v) is 8.48. The Balaban J connectivity index is 1.84. The van der Waals surface area contributed by atoms with Gasteiger partial charge in [0.1, 0.15) is 5.82 Å². The number of rotatable bonds is 7. The van der Waals surface area contributed by atoms with E-state index in [9.17, 15) is 5.11 Å². The van der Waals surface area contributed by atoms with E-state index in [0.717, 1.165) is 43.2 Å². The second-order valence-electron chi connectivity index (χ2n) is 7.47. The van der Waals surface area contributed by atoms with E-state index in [4.69, 9.17) is 14.2 Å². The van der Waals surface area contributed by atoms with E-state index in [0.29, 0.717) is 28.0 Å². The molecule has 0 amide bonds. The molecule has 0 saturated carbocycles. The van der Waals surface area contributed by atoms with Crippen LogP contribution < -0.4 is 14.2 Å². The Labute approximate surface area is 185 Å². The quantitative estimate of drug-likeness (QED) is 0.592. The van der Waals surface area contributed by atoms with Crippen molar-refractivity contribution < 1.29 is 19.3 Å². The summed E-state index contributed by atoms with van der Waals surface area (Å²) in [6.07, 6.45) is 0. The highest BCUT2D eigenvalue weighted by Gasteiger charge is 2.33. The van der Waals surface area contributed by atoms with Gasteiger partial charge in [0.2, 0.25) is 16.6 Å². The van der Waals surface area contributed by atoms with Gasteiger partial charge in [-0.15, -0.1) is 5.10 Å². The van der Waals surface area contributed by atoms with Gasteiger partial charge in [0.25, 0.3) is 0 Å². The molecule has 0 bridgehead atoms. The molecule has 2 aromatic heterocycles. The number of piperazine rings is 1. The van der Waals surface area contributed by atoms with Gasteiger partial charge in [-0.05, 0) is 31.2 Å². The third-order valence-electron chi connectivity index (χ3n) is 5.78. The molecule has 1 N–H and O–H groups in total. The van der Waals surface area contributed by atoms with E-state index in [1.807, 2.05) is 19.1 Å². The molecule has 1 atom stereocenters. The number of hydrogen-bond donors (Lipinski definition) is 1. The van der Waals surface area contributed by atoms with Crippen molar-refractivity contribution in [2.45, 2.75) is 19.9 Å². The van der Waals surface area contributed by atoms with Gasteiger partial charge < -0.3 is 24.2 Å². The molecular weight excluding hydrogens is 418 g/mol. The van der Waals surface area contributed by atoms with Crippen molar-refractivity contribution in [2.24, 2.45) is 0 Å². The highest BCUT2D eigenvalue weighted by Crippen LogP contribution is 2.45. The molecular formula is C21H29N5O4S. The Morgan fingerprint density at radius 3 is 2.23 bits per heavy atom. The van der Waals surface area contributed by atoms with Gasteiger partial charge in [0, 0.05) is 26.2 Å². The molecule has 3 aromatic rings. The summed E-state index contributed by atoms with van der Waals surface area (Å²) >= 11 is 1.46. The van der Waals surface area contributed by atoms with Crippen LogP contribution in [0.3, 0.4) is 0 Å². The van der Waals surface area contributed by atoms with Crippen LogP contribution in [-0.4, -0.2) is 83.6 Å². The minimum absolute atomic E-state index is 0.122. The van der Waals surface area contributed by atoms with E-state index in [-0.39, 0.29) is 11.9 Å². The van der Waals surface area contributed by atoms with Crippen LogP contribution in [0.1, 0.15) is 29.2 Å². The van der Waals surface area contributed by atoms with E-state index in [1.165, 1.54) is 15.9 Å². The summed E-state index contributed by atoms with van der Waals surface area (Å²) in [7, 11) is 4.81. The second kappa shape index (κ2) is 8.89. The van der Waals surface area contributed by atoms with Crippen molar-refractivity contribution in [2.75, 3.05) is 54.1 Å². The maximum absolute atomic E-state index is 11.1. The van der Waals surface area contributed by atoms with Crippen molar-refractivity contribution >= 4 is 16.3 Å². The van der Waals surface area contributed by atoms with Crippen LogP contribution >= 0.6 is 11.3 Å². The minimum Gasteiger partial charge on any atom is -0.493 e. The summed E-state index contributed by atoms with van der Waals surface area (Å²) in [6, 6.07) is 3.72. The summed E-state index contributed by atoms with van der Waals surface area (Å²) in [6.45, 7) is 8.72. The summed E-state index contributed by atoms with van der Waals surface area (Å²) in [5, 5.41) is 15.4. The first-order chi connectivity index (χ1) is 15.0. The third-order valence-corrected chi connectivity index (χ3v) is 6.85. The van der Waals surface area contributed by atoms with E-state index in [2.05, 4.69) is 26.8 Å². The van der Waals surface area contributed by atoms with Crippen LogP contribution in [0.5, 0.6) is 23.1 Å². The Morgan fingerprint density at radius 2 is 1.71 bits per heavy atom. The summed E-state index contributed by atoms with van der Waals surface area (Å²) in [4.78, 5) is 10.7. The van der Waals surface area contributed by atoms with E-state index in [1.54, 1.807) is 21.3 Å². The Kier molecular flexibility index (Phi) is 6.22. The molecule has 1 aliphatic rings. The number of aromatic hydroxyl groups is 1. The van der Waals surface area contributed by atoms with E-state index < -0.39 is 0 Å². The monoisotopic (exact) mass is 447 g/mol. The molecule has 3 heterocycles. The van der Waals surface area contributed by atoms with Crippen molar-refractivity contribution in [3.05, 3.63) is 28.4 Å². The normalized spacial score (nSPS) is 16.5. The molecule has 0 aliphatic carbocycles. The lowest BCUT2D eigenvalue weighted by Crippen LogP contribution is -2.47. The zero-order chi connectivity index (χ0) is 22.1. The van der Waals surface area contributed by atoms with Gasteiger partial charge in [0.15, 0.2) is 11.5 Å². The first-order valence-electron chi connectivity index (χ1n) is 10.3. The first-order valence-corrected chi connectivity index (χ1v) is 11.1. The van der Waals surface area contributed by atoms with Crippen LogP contribution in [0, 0.1) is 6.92 Å². The minimum atomic E-state index is -0.193. The molecule has 4 rings (SSSR count). The summed E-state index contributed by atoms with van der Waals surface area (Å²) in [5.41, 5.74) is 0.955. The molecule has 1 fully saturated rings. The van der Waals surface area contributed by atoms with Crippen molar-refractivity contribution in [3.8, 4) is 23.1 Å². The molecule has 9 nitrogen and oxygen atoms in total. The maximum atomic E-state index is 11.1. The number of methoxy groups -OCH3 is 3. The van der Waals surface area contributed by atoms with Gasteiger partial charge in [-0.1, -0.05) is 18.3 Å². The summed E-state index contributed by atoms with van der Waals surface area (Å²) < 4.78 is 18.2. The molecule has 31 heavy (non-hydrogen) atoms. The molecule has 1 saturated heterocycles. The van der Waals surface area contributed by atoms with Gasteiger partial charge >= 0.3 is 0 Å². The largest absolute Gasteiger partial charge is 0.493 e. The topological polar surface area (TPSA) is 84.6 Å². The number of likely N-dealkylation sites (N-methyl/N-ethyl adjacent to an activating group) is 1. The zero-order valence-electron chi connectivity index (χ0n) is 18.6. The van der Waals surface area contributed by atoms with Gasteiger partial charge in [0.05, 0.1) is 32.2 Å². The first kappa shape index (κ1) is 21.7. The lowest BCUT2D eigenvalue weighted by molar-refractivity contribution is 0.113. The Morgan fingerprint density at radius 1 is 1.06 bits per heavy atom. The molecule has 1 unspecified atom stereocenters. The summed E-state index contributed by atoms with van der Waals surface area (Å²) in [5.74, 6) is 2.48. The Bertz CT molecular complexity index is 1030. The maximum Gasteiger partial charge on any atom is 0.230 e. The number of benzene rings is 1. The van der Waals surface area contributed by atoms with Crippen LogP contribution in [0.4, 0.5) is 0 Å². The van der Waals surface area contributed by atoms with Crippen molar-refractivity contribution in [1.82, 2.24) is 24.4 Å². The molecule has 1 aromatic carbocycles. The molecule has 1 aliphatic heterocycles. The zero-order valence-corrected chi connectivity index (χ0v) is 19.4. The average Bonchev–Trinajstić information content (AvgIpc) is 3.30. The predicted molar refractivity (Wildman–Crippen MR) is 119 cm³/mol. The highest BCUT2D eigenvalue weighted by atomic mass is 32.1. The van der Waals surface area contributed by atoms with Crippen LogP contribution in [0.25, 0.3) is 4.96 Å².